The number of nitrogens with one attached hydrogen (secondary N) is 1. The molecular weight excluding hydrogens is 350 g/mol. The van der Waals surface area contributed by atoms with Crippen LogP contribution < -0.4 is 10.2 Å². The predicted molar refractivity (Wildman–Crippen MR) is 102 cm³/mol. The topological polar surface area (TPSA) is 63.6 Å². The highest BCUT2D eigenvalue weighted by atomic mass is 35.5. The molecule has 26 heavy (non-hydrogen) atoms. The van der Waals surface area contributed by atoms with Gasteiger partial charge in [-0.15, -0.1) is 0 Å². The predicted octanol–water partition coefficient (Wildman–Crippen LogP) is 4.08. The lowest BCUT2D eigenvalue weighted by Crippen LogP contribution is -2.17. The maximum Gasteiger partial charge on any atom is 0.271 e. The molecule has 0 radical (unpaired) electrons. The molecule has 130 valence electrons. The molecule has 0 fully saturated rings. The van der Waals surface area contributed by atoms with Crippen LogP contribution in [0.4, 0.5) is 0 Å². The van der Waals surface area contributed by atoms with Crippen molar-refractivity contribution in [2.24, 2.45) is 5.10 Å². The van der Waals surface area contributed by atoms with Gasteiger partial charge in [0, 0.05) is 23.0 Å². The zero-order valence-electron chi connectivity index (χ0n) is 13.8. The van der Waals surface area contributed by atoms with Gasteiger partial charge in [-0.05, 0) is 47.5 Å². The first-order chi connectivity index (χ1) is 12.7. The summed E-state index contributed by atoms with van der Waals surface area (Å²) in [7, 11) is 0. The molecule has 0 saturated carbocycles. The van der Waals surface area contributed by atoms with Crippen LogP contribution in [-0.4, -0.2) is 17.1 Å². The second-order valence-electron chi connectivity index (χ2n) is 5.42. The first-order valence-corrected chi connectivity index (χ1v) is 8.29. The molecule has 0 atom stereocenters. The largest absolute Gasteiger partial charge is 0.489 e. The monoisotopic (exact) mass is 365 g/mol. The summed E-state index contributed by atoms with van der Waals surface area (Å²) in [5, 5.41) is 4.67. The van der Waals surface area contributed by atoms with Crippen LogP contribution in [0, 0.1) is 0 Å². The summed E-state index contributed by atoms with van der Waals surface area (Å²) < 4.78 is 5.77. The van der Waals surface area contributed by atoms with Crippen LogP contribution in [-0.2, 0) is 6.61 Å². The minimum absolute atomic E-state index is 0.293. The molecule has 1 amide bonds. The van der Waals surface area contributed by atoms with Crippen molar-refractivity contribution in [2.45, 2.75) is 6.61 Å². The second-order valence-corrected chi connectivity index (χ2v) is 5.86. The number of carbonyl (C=O) groups is 1. The number of aromatic nitrogens is 1. The average molecular weight is 366 g/mol. The summed E-state index contributed by atoms with van der Waals surface area (Å²) in [4.78, 5) is 15.8. The van der Waals surface area contributed by atoms with Gasteiger partial charge in [-0.2, -0.15) is 5.10 Å². The summed E-state index contributed by atoms with van der Waals surface area (Å²) in [6, 6.07) is 18.2. The second kappa shape index (κ2) is 8.78. The van der Waals surface area contributed by atoms with E-state index in [9.17, 15) is 4.79 Å². The summed E-state index contributed by atoms with van der Waals surface area (Å²) in [5.74, 6) is 0.420. The molecule has 0 spiro atoms. The molecule has 1 heterocycles. The Labute approximate surface area is 156 Å². The number of hydrazone groups is 1. The maximum atomic E-state index is 11.9. The summed E-state index contributed by atoms with van der Waals surface area (Å²) in [6.07, 6.45) is 4.68. The first-order valence-electron chi connectivity index (χ1n) is 7.91. The molecule has 6 heteroatoms. The van der Waals surface area contributed by atoms with E-state index in [0.29, 0.717) is 22.9 Å². The fraction of sp³-hybridized carbons (Fsp3) is 0.0500. The molecule has 0 bridgehead atoms. The van der Waals surface area contributed by atoms with E-state index in [1.165, 1.54) is 0 Å². The minimum Gasteiger partial charge on any atom is -0.489 e. The van der Waals surface area contributed by atoms with Crippen molar-refractivity contribution in [1.82, 2.24) is 10.4 Å². The molecule has 0 aliphatic rings. The molecule has 5 nitrogen and oxygen atoms in total. The molecule has 3 aromatic rings. The van der Waals surface area contributed by atoms with Crippen LogP contribution in [0.25, 0.3) is 0 Å². The van der Waals surface area contributed by atoms with Crippen LogP contribution in [0.3, 0.4) is 0 Å². The molecule has 0 saturated heterocycles. The standard InChI is InChI=1S/C20H16ClN3O2/c21-18-6-4-15(5-7-18)14-26-19-3-1-2-16(12-19)13-23-24-20(25)17-8-10-22-11-9-17/h1-13H,14H2,(H,24,25)/b23-13-. The lowest BCUT2D eigenvalue weighted by molar-refractivity contribution is 0.0955. The van der Waals surface area contributed by atoms with Gasteiger partial charge in [0.15, 0.2) is 0 Å². The molecule has 2 aromatic carbocycles. The number of carbonyl (C=O) groups excluding carboxylic acids is 1. The van der Waals surface area contributed by atoms with Crippen molar-refractivity contribution >= 4 is 23.7 Å². The lowest BCUT2D eigenvalue weighted by Gasteiger charge is -2.07. The number of hydrogen-bond acceptors (Lipinski definition) is 4. The molecule has 0 aliphatic heterocycles. The smallest absolute Gasteiger partial charge is 0.271 e. The zero-order chi connectivity index (χ0) is 18.2. The van der Waals surface area contributed by atoms with Gasteiger partial charge in [0.1, 0.15) is 12.4 Å². The van der Waals surface area contributed by atoms with Crippen LogP contribution in [0.15, 0.2) is 78.2 Å². The number of benzene rings is 2. The number of amides is 1. The fourth-order valence-corrected chi connectivity index (χ4v) is 2.29. The van der Waals surface area contributed by atoms with Gasteiger partial charge in [0.05, 0.1) is 6.21 Å². The Kier molecular flexibility index (Phi) is 5.96. The number of pyridine rings is 1. The first kappa shape index (κ1) is 17.6. The number of rotatable bonds is 6. The van der Waals surface area contributed by atoms with Gasteiger partial charge in [-0.3, -0.25) is 9.78 Å². The Morgan fingerprint density at radius 2 is 1.88 bits per heavy atom. The summed E-state index contributed by atoms with van der Waals surface area (Å²) in [5.41, 5.74) is 4.82. The Hall–Kier alpha value is -3.18. The third-order valence-corrected chi connectivity index (χ3v) is 3.75. The number of hydrogen-bond donors (Lipinski definition) is 1. The van der Waals surface area contributed by atoms with Crippen molar-refractivity contribution in [3.8, 4) is 5.75 Å². The number of halogens is 1. The molecule has 1 N–H and O–H groups in total. The van der Waals surface area contributed by atoms with E-state index in [1.807, 2.05) is 48.5 Å². The molecule has 1 aromatic heterocycles. The fourth-order valence-electron chi connectivity index (χ4n) is 2.17. The van der Waals surface area contributed by atoms with Crippen molar-refractivity contribution in [3.05, 3.63) is 94.8 Å². The number of nitrogens with zero attached hydrogens (tertiary/aromatic N) is 2. The third-order valence-electron chi connectivity index (χ3n) is 3.50. The highest BCUT2D eigenvalue weighted by Gasteiger charge is 2.02. The summed E-state index contributed by atoms with van der Waals surface area (Å²) >= 11 is 5.87. The van der Waals surface area contributed by atoms with E-state index >= 15 is 0 Å². The number of ether oxygens (including phenoxy) is 1. The van der Waals surface area contributed by atoms with E-state index in [4.69, 9.17) is 16.3 Å². The van der Waals surface area contributed by atoms with Crippen LogP contribution in [0.1, 0.15) is 21.5 Å². The lowest BCUT2D eigenvalue weighted by atomic mass is 10.2. The van der Waals surface area contributed by atoms with E-state index in [2.05, 4.69) is 15.5 Å². The SMILES string of the molecule is O=C(N/N=C\c1cccc(OCc2ccc(Cl)cc2)c1)c1ccncc1. The zero-order valence-corrected chi connectivity index (χ0v) is 14.6. The third kappa shape index (κ3) is 5.16. The maximum absolute atomic E-state index is 11.9. The van der Waals surface area contributed by atoms with Gasteiger partial charge in [0.2, 0.25) is 0 Å². The van der Waals surface area contributed by atoms with Gasteiger partial charge in [0.25, 0.3) is 5.91 Å². The van der Waals surface area contributed by atoms with Crippen molar-refractivity contribution in [3.63, 3.8) is 0 Å². The Balaban J connectivity index is 1.56. The van der Waals surface area contributed by atoms with E-state index in [-0.39, 0.29) is 5.91 Å². The minimum atomic E-state index is -0.293. The van der Waals surface area contributed by atoms with Crippen LogP contribution >= 0.6 is 11.6 Å². The summed E-state index contributed by atoms with van der Waals surface area (Å²) in [6.45, 7) is 0.441. The highest BCUT2D eigenvalue weighted by Crippen LogP contribution is 2.15. The van der Waals surface area contributed by atoms with Gasteiger partial charge < -0.3 is 4.74 Å². The normalized spacial score (nSPS) is 10.7. The molecule has 0 unspecified atom stereocenters. The Morgan fingerprint density at radius 3 is 2.65 bits per heavy atom. The van der Waals surface area contributed by atoms with Crippen molar-refractivity contribution in [1.29, 1.82) is 0 Å². The van der Waals surface area contributed by atoms with Crippen molar-refractivity contribution < 1.29 is 9.53 Å². The molecular formula is C20H16ClN3O2. The van der Waals surface area contributed by atoms with E-state index in [0.717, 1.165) is 11.1 Å². The Morgan fingerprint density at radius 1 is 1.12 bits per heavy atom. The highest BCUT2D eigenvalue weighted by molar-refractivity contribution is 6.30. The van der Waals surface area contributed by atoms with Crippen molar-refractivity contribution in [2.75, 3.05) is 0 Å². The van der Waals surface area contributed by atoms with E-state index < -0.39 is 0 Å². The van der Waals surface area contributed by atoms with Crippen LogP contribution in [0.5, 0.6) is 5.75 Å². The van der Waals surface area contributed by atoms with Gasteiger partial charge in [-0.25, -0.2) is 5.43 Å². The quantitative estimate of drug-likeness (QED) is 0.529. The molecule has 0 aliphatic carbocycles. The van der Waals surface area contributed by atoms with Crippen LogP contribution in [0.2, 0.25) is 5.02 Å². The molecule has 3 rings (SSSR count). The average Bonchev–Trinajstić information content (AvgIpc) is 2.68. The van der Waals surface area contributed by atoms with Gasteiger partial charge >= 0.3 is 0 Å². The van der Waals surface area contributed by atoms with E-state index in [1.54, 1.807) is 30.7 Å². The Bertz CT molecular complexity index is 896. The van der Waals surface area contributed by atoms with Gasteiger partial charge in [-0.1, -0.05) is 35.9 Å².